The average molecular weight is 244 g/mol. The van der Waals surface area contributed by atoms with E-state index in [1.54, 1.807) is 17.8 Å². The van der Waals surface area contributed by atoms with Gasteiger partial charge in [0.05, 0.1) is 6.54 Å². The molecule has 0 saturated carbocycles. The predicted octanol–water partition coefficient (Wildman–Crippen LogP) is 2.17. The molecule has 0 radical (unpaired) electrons. The molecule has 2 aliphatic rings. The number of rotatable bonds is 2. The summed E-state index contributed by atoms with van der Waals surface area (Å²) >= 11 is 1.71. The van der Waals surface area contributed by atoms with E-state index in [2.05, 4.69) is 9.89 Å². The predicted molar refractivity (Wildman–Crippen MR) is 70.3 cm³/mol. The Kier molecular flexibility index (Phi) is 2.73. The van der Waals surface area contributed by atoms with Gasteiger partial charge in [-0.15, -0.1) is 0 Å². The summed E-state index contributed by atoms with van der Waals surface area (Å²) < 4.78 is 0. The number of carbonyl (C=O) groups is 1. The van der Waals surface area contributed by atoms with Crippen molar-refractivity contribution in [3.63, 3.8) is 0 Å². The molecule has 3 rings (SSSR count). The van der Waals surface area contributed by atoms with Crippen LogP contribution >= 0.6 is 11.8 Å². The maximum atomic E-state index is 12.0. The summed E-state index contributed by atoms with van der Waals surface area (Å²) in [7, 11) is 0. The molecule has 0 unspecified atom stereocenters. The highest BCUT2D eigenvalue weighted by Gasteiger charge is 2.28. The van der Waals surface area contributed by atoms with Crippen LogP contribution in [0.3, 0.4) is 0 Å². The maximum Gasteiger partial charge on any atom is 0.187 e. The standard InChI is InChI=1S/C13H12N2OS/c16-12(10-4-2-1-3-5-10)8-11-9-17-13-14-6-7-15(11)13/h1-5,8H,6-7,9H2/b11-8+. The summed E-state index contributed by atoms with van der Waals surface area (Å²) in [5.74, 6) is 0.937. The number of amidine groups is 1. The molecule has 0 amide bonds. The molecule has 1 aromatic rings. The molecule has 4 heteroatoms. The molecule has 0 atom stereocenters. The van der Waals surface area contributed by atoms with Gasteiger partial charge >= 0.3 is 0 Å². The van der Waals surface area contributed by atoms with E-state index in [0.717, 1.165) is 35.3 Å². The Balaban J connectivity index is 1.83. The highest BCUT2D eigenvalue weighted by Crippen LogP contribution is 2.29. The fraction of sp³-hybridized carbons (Fsp3) is 0.231. The lowest BCUT2D eigenvalue weighted by molar-refractivity contribution is 0.104. The Hall–Kier alpha value is -1.55. The SMILES string of the molecule is O=C(/C=C1\CSC2=NCCN21)c1ccccc1. The fourth-order valence-electron chi connectivity index (χ4n) is 1.99. The molecule has 2 aliphatic heterocycles. The van der Waals surface area contributed by atoms with Crippen LogP contribution in [-0.4, -0.2) is 34.7 Å². The van der Waals surface area contributed by atoms with E-state index in [-0.39, 0.29) is 5.78 Å². The van der Waals surface area contributed by atoms with Gasteiger partial charge in [0.15, 0.2) is 11.0 Å². The lowest BCUT2D eigenvalue weighted by atomic mass is 10.1. The van der Waals surface area contributed by atoms with Gasteiger partial charge in [-0.05, 0) is 0 Å². The van der Waals surface area contributed by atoms with Crippen LogP contribution in [0.2, 0.25) is 0 Å². The minimum absolute atomic E-state index is 0.0781. The molecule has 1 saturated heterocycles. The number of thioether (sulfide) groups is 1. The van der Waals surface area contributed by atoms with Crippen molar-refractivity contribution < 1.29 is 4.79 Å². The lowest BCUT2D eigenvalue weighted by Crippen LogP contribution is -2.20. The first-order valence-electron chi connectivity index (χ1n) is 5.59. The van der Waals surface area contributed by atoms with Crippen molar-refractivity contribution in [2.24, 2.45) is 4.99 Å². The van der Waals surface area contributed by atoms with Gasteiger partial charge in [0.25, 0.3) is 0 Å². The highest BCUT2D eigenvalue weighted by molar-refractivity contribution is 8.14. The van der Waals surface area contributed by atoms with Gasteiger partial charge in [0.1, 0.15) is 0 Å². The normalized spacial score (nSPS) is 20.6. The first-order valence-corrected chi connectivity index (χ1v) is 6.58. The van der Waals surface area contributed by atoms with Crippen molar-refractivity contribution in [2.75, 3.05) is 18.8 Å². The molecule has 1 fully saturated rings. The third kappa shape index (κ3) is 2.00. The van der Waals surface area contributed by atoms with Crippen LogP contribution in [-0.2, 0) is 0 Å². The van der Waals surface area contributed by atoms with E-state index in [0.29, 0.717) is 0 Å². The van der Waals surface area contributed by atoms with Gasteiger partial charge in [-0.2, -0.15) is 0 Å². The molecule has 86 valence electrons. The monoisotopic (exact) mass is 244 g/mol. The molecule has 0 bridgehead atoms. The molecule has 3 nitrogen and oxygen atoms in total. The Morgan fingerprint density at radius 2 is 2.18 bits per heavy atom. The van der Waals surface area contributed by atoms with E-state index in [1.807, 2.05) is 30.3 Å². The van der Waals surface area contributed by atoms with E-state index in [1.165, 1.54) is 0 Å². The highest BCUT2D eigenvalue weighted by atomic mass is 32.2. The number of fused-ring (bicyclic) bond motifs is 1. The summed E-state index contributed by atoms with van der Waals surface area (Å²) in [5.41, 5.74) is 1.83. The van der Waals surface area contributed by atoms with E-state index in [4.69, 9.17) is 0 Å². The number of hydrogen-bond donors (Lipinski definition) is 0. The minimum Gasteiger partial charge on any atom is -0.322 e. The largest absolute Gasteiger partial charge is 0.322 e. The first kappa shape index (κ1) is 10.6. The topological polar surface area (TPSA) is 32.7 Å². The number of nitrogens with zero attached hydrogens (tertiary/aromatic N) is 2. The average Bonchev–Trinajstić information content (AvgIpc) is 2.95. The van der Waals surface area contributed by atoms with E-state index < -0.39 is 0 Å². The molecule has 17 heavy (non-hydrogen) atoms. The minimum atomic E-state index is 0.0781. The van der Waals surface area contributed by atoms with Gasteiger partial charge in [-0.25, -0.2) is 0 Å². The Labute approximate surface area is 104 Å². The van der Waals surface area contributed by atoms with Crippen molar-refractivity contribution in [2.45, 2.75) is 0 Å². The summed E-state index contributed by atoms with van der Waals surface area (Å²) in [5, 5.41) is 1.07. The van der Waals surface area contributed by atoms with Gasteiger partial charge in [-0.3, -0.25) is 9.79 Å². The number of benzene rings is 1. The van der Waals surface area contributed by atoms with Crippen LogP contribution in [0.15, 0.2) is 47.1 Å². The molecule has 0 spiro atoms. The summed E-state index contributed by atoms with van der Waals surface area (Å²) in [6.07, 6.45) is 1.75. The second-order valence-electron chi connectivity index (χ2n) is 3.97. The second kappa shape index (κ2) is 4.37. The quantitative estimate of drug-likeness (QED) is 0.590. The second-order valence-corrected chi connectivity index (χ2v) is 4.91. The van der Waals surface area contributed by atoms with Gasteiger partial charge in [-0.1, -0.05) is 42.1 Å². The van der Waals surface area contributed by atoms with Gasteiger partial charge in [0.2, 0.25) is 0 Å². The Morgan fingerprint density at radius 1 is 1.35 bits per heavy atom. The van der Waals surface area contributed by atoms with Crippen molar-refractivity contribution in [1.29, 1.82) is 0 Å². The smallest absolute Gasteiger partial charge is 0.187 e. The maximum absolute atomic E-state index is 12.0. The van der Waals surface area contributed by atoms with E-state index in [9.17, 15) is 4.79 Å². The number of aliphatic imine (C=N–C) groups is 1. The van der Waals surface area contributed by atoms with Crippen LogP contribution in [0.25, 0.3) is 0 Å². The van der Waals surface area contributed by atoms with Gasteiger partial charge < -0.3 is 4.90 Å². The third-order valence-corrected chi connectivity index (χ3v) is 3.90. The molecule has 0 aromatic heterocycles. The zero-order valence-corrected chi connectivity index (χ0v) is 10.1. The zero-order valence-electron chi connectivity index (χ0n) is 9.30. The van der Waals surface area contributed by atoms with Gasteiger partial charge in [0, 0.05) is 29.6 Å². The number of carbonyl (C=O) groups excluding carboxylic acids is 1. The fourth-order valence-corrected chi connectivity index (χ4v) is 3.05. The van der Waals surface area contributed by atoms with E-state index >= 15 is 0 Å². The van der Waals surface area contributed by atoms with Crippen molar-refractivity contribution in [1.82, 2.24) is 4.90 Å². The summed E-state index contributed by atoms with van der Waals surface area (Å²) in [4.78, 5) is 18.6. The first-order chi connectivity index (χ1) is 8.34. The Morgan fingerprint density at radius 3 is 3.00 bits per heavy atom. The molecular weight excluding hydrogens is 232 g/mol. The molecule has 1 aromatic carbocycles. The number of allylic oxidation sites excluding steroid dienone is 1. The van der Waals surface area contributed by atoms with Crippen molar-refractivity contribution >= 4 is 22.7 Å². The summed E-state index contributed by atoms with van der Waals surface area (Å²) in [6, 6.07) is 9.39. The molecule has 0 aliphatic carbocycles. The van der Waals surface area contributed by atoms with Crippen molar-refractivity contribution in [3.8, 4) is 0 Å². The summed E-state index contributed by atoms with van der Waals surface area (Å²) in [6.45, 7) is 1.76. The Bertz CT molecular complexity index is 507. The van der Waals surface area contributed by atoms with Crippen molar-refractivity contribution in [3.05, 3.63) is 47.7 Å². The third-order valence-electron chi connectivity index (χ3n) is 2.85. The van der Waals surface area contributed by atoms with Crippen LogP contribution in [0.5, 0.6) is 0 Å². The van der Waals surface area contributed by atoms with Crippen LogP contribution in [0, 0.1) is 0 Å². The van der Waals surface area contributed by atoms with Crippen LogP contribution in [0.1, 0.15) is 10.4 Å². The molecule has 0 N–H and O–H groups in total. The van der Waals surface area contributed by atoms with Crippen LogP contribution in [0.4, 0.5) is 0 Å². The molecular formula is C13H12N2OS. The molecule has 2 heterocycles. The van der Waals surface area contributed by atoms with Crippen LogP contribution < -0.4 is 0 Å². The number of ketones is 1. The number of hydrogen-bond acceptors (Lipinski definition) is 4. The zero-order chi connectivity index (χ0) is 11.7. The lowest BCUT2D eigenvalue weighted by Gasteiger charge is -2.12.